The summed E-state index contributed by atoms with van der Waals surface area (Å²) in [5.74, 6) is -0.0267. The average molecular weight is 130 g/mol. The normalized spacial score (nSPS) is 12.5. The quantitative estimate of drug-likeness (QED) is 0.540. The maximum Gasteiger partial charge on any atom is 0.00497 e. The van der Waals surface area contributed by atoms with Crippen LogP contribution in [0, 0.1) is 6.92 Å². The van der Waals surface area contributed by atoms with Gasteiger partial charge in [0.2, 0.25) is 0 Å². The Balaban J connectivity index is 2.84. The van der Waals surface area contributed by atoms with Gasteiger partial charge < -0.3 is 0 Å². The van der Waals surface area contributed by atoms with Gasteiger partial charge in [0.15, 0.2) is 0 Å². The smallest absolute Gasteiger partial charge is 0.00497 e. The molecule has 0 nitrogen and oxygen atoms in total. The van der Waals surface area contributed by atoms with Crippen molar-refractivity contribution in [1.29, 1.82) is 0 Å². The molecule has 0 aliphatic heterocycles. The lowest BCUT2D eigenvalue weighted by molar-refractivity contribution is 1.09. The predicted molar refractivity (Wildman–Crippen MR) is 43.7 cm³/mol. The van der Waals surface area contributed by atoms with Crippen LogP contribution in [0.5, 0.6) is 0 Å². The topological polar surface area (TPSA) is 0 Å². The van der Waals surface area contributed by atoms with Crippen LogP contribution >= 0.6 is 0 Å². The molecule has 1 rings (SSSR count). The number of hydrogen-bond acceptors (Lipinski definition) is 0. The van der Waals surface area contributed by atoms with Gasteiger partial charge in [-0.1, -0.05) is 36.4 Å². The molecule has 0 saturated heterocycles. The molecule has 0 N–H and O–H groups in total. The Kier molecular flexibility index (Phi) is 2.27. The van der Waals surface area contributed by atoms with Gasteiger partial charge >= 0.3 is 0 Å². The zero-order valence-electron chi connectivity index (χ0n) is 5.83. The zero-order valence-corrected chi connectivity index (χ0v) is 5.83. The van der Waals surface area contributed by atoms with E-state index in [9.17, 15) is 0 Å². The van der Waals surface area contributed by atoms with E-state index in [-0.39, 0.29) is 5.92 Å². The predicted octanol–water partition coefficient (Wildman–Crippen LogP) is 2.67. The van der Waals surface area contributed by atoms with Crippen LogP contribution in [-0.2, 0) is 0 Å². The van der Waals surface area contributed by atoms with E-state index in [0.29, 0.717) is 0 Å². The second-order valence-corrected chi connectivity index (χ2v) is 2.17. The van der Waals surface area contributed by atoms with Crippen molar-refractivity contribution in [2.45, 2.75) is 5.92 Å². The van der Waals surface area contributed by atoms with Crippen LogP contribution in [-0.4, -0.2) is 0 Å². The Bertz CT molecular complexity index is 199. The summed E-state index contributed by atoms with van der Waals surface area (Å²) in [7, 11) is 0. The first-order chi connectivity index (χ1) is 4.84. The van der Waals surface area contributed by atoms with Crippen LogP contribution in [0.15, 0.2) is 43.0 Å². The molecular formula is C10H10. The minimum Gasteiger partial charge on any atom is -0.102 e. The van der Waals surface area contributed by atoms with Crippen LogP contribution in [0.2, 0.25) is 0 Å². The minimum absolute atomic E-state index is 0.0267. The summed E-state index contributed by atoms with van der Waals surface area (Å²) in [6.45, 7) is 9.29. The summed E-state index contributed by atoms with van der Waals surface area (Å²) in [4.78, 5) is 0. The fourth-order valence-corrected chi connectivity index (χ4v) is 0.811. The van der Waals surface area contributed by atoms with Gasteiger partial charge in [-0.05, 0) is 12.5 Å². The van der Waals surface area contributed by atoms with Gasteiger partial charge in [-0.2, -0.15) is 0 Å². The largest absolute Gasteiger partial charge is 0.102 e. The summed E-state index contributed by atoms with van der Waals surface area (Å²) in [5, 5.41) is 0. The van der Waals surface area contributed by atoms with Crippen molar-refractivity contribution < 1.29 is 0 Å². The van der Waals surface area contributed by atoms with Gasteiger partial charge in [-0.25, -0.2) is 0 Å². The van der Waals surface area contributed by atoms with Crippen LogP contribution in [0.25, 0.3) is 0 Å². The Labute approximate surface area is 62.2 Å². The zero-order chi connectivity index (χ0) is 7.40. The van der Waals surface area contributed by atoms with Crippen molar-refractivity contribution >= 4 is 0 Å². The van der Waals surface area contributed by atoms with Crippen LogP contribution in [0.3, 0.4) is 0 Å². The van der Waals surface area contributed by atoms with Crippen molar-refractivity contribution in [3.05, 3.63) is 55.5 Å². The van der Waals surface area contributed by atoms with Gasteiger partial charge in [-0.15, -0.1) is 6.58 Å². The highest BCUT2D eigenvalue weighted by molar-refractivity contribution is 5.23. The molecule has 0 heterocycles. The van der Waals surface area contributed by atoms with E-state index in [2.05, 4.69) is 6.58 Å². The Hall–Kier alpha value is -1.04. The lowest BCUT2D eigenvalue weighted by Crippen LogP contribution is -1.86. The van der Waals surface area contributed by atoms with Crippen molar-refractivity contribution in [2.75, 3.05) is 0 Å². The molecule has 0 aliphatic rings. The van der Waals surface area contributed by atoms with Crippen LogP contribution < -0.4 is 0 Å². The highest BCUT2D eigenvalue weighted by Crippen LogP contribution is 2.13. The van der Waals surface area contributed by atoms with E-state index in [4.69, 9.17) is 6.92 Å². The van der Waals surface area contributed by atoms with Gasteiger partial charge in [0.1, 0.15) is 0 Å². The number of hydrogen-bond donors (Lipinski definition) is 0. The summed E-state index contributed by atoms with van der Waals surface area (Å²) in [6.07, 6.45) is 1.73. The molecule has 1 aromatic carbocycles. The minimum atomic E-state index is -0.0267. The van der Waals surface area contributed by atoms with Crippen LogP contribution in [0.1, 0.15) is 11.5 Å². The van der Waals surface area contributed by atoms with Crippen molar-refractivity contribution in [3.63, 3.8) is 0 Å². The van der Waals surface area contributed by atoms with E-state index < -0.39 is 0 Å². The van der Waals surface area contributed by atoms with Crippen molar-refractivity contribution in [1.82, 2.24) is 0 Å². The standard InChI is InChI=1S/C10H10/c1-3-9(2)10-7-5-4-6-8-10/h2-9H,1H2. The van der Waals surface area contributed by atoms with E-state index in [1.54, 1.807) is 6.08 Å². The first-order valence-corrected chi connectivity index (χ1v) is 3.27. The molecule has 2 radical (unpaired) electrons. The van der Waals surface area contributed by atoms with Gasteiger partial charge in [0, 0.05) is 5.92 Å². The molecule has 50 valence electrons. The monoisotopic (exact) mass is 130 g/mol. The average Bonchev–Trinajstić information content (AvgIpc) is 2.05. The third-order valence-electron chi connectivity index (χ3n) is 1.44. The fraction of sp³-hybridized carbons (Fsp3) is 0.100. The van der Waals surface area contributed by atoms with Crippen LogP contribution in [0.4, 0.5) is 0 Å². The Morgan fingerprint density at radius 3 is 2.40 bits per heavy atom. The highest BCUT2D eigenvalue weighted by atomic mass is 14.0. The molecule has 0 heteroatoms. The van der Waals surface area contributed by atoms with E-state index in [1.807, 2.05) is 30.3 Å². The second kappa shape index (κ2) is 3.21. The maximum atomic E-state index is 5.68. The first kappa shape index (κ1) is 7.07. The van der Waals surface area contributed by atoms with Crippen molar-refractivity contribution in [3.8, 4) is 0 Å². The van der Waals surface area contributed by atoms with Crippen molar-refractivity contribution in [2.24, 2.45) is 0 Å². The second-order valence-electron chi connectivity index (χ2n) is 2.17. The fourth-order valence-electron chi connectivity index (χ4n) is 0.811. The molecule has 10 heavy (non-hydrogen) atoms. The summed E-state index contributed by atoms with van der Waals surface area (Å²) in [5.41, 5.74) is 1.11. The Morgan fingerprint density at radius 2 is 1.90 bits per heavy atom. The summed E-state index contributed by atoms with van der Waals surface area (Å²) in [6, 6.07) is 9.90. The summed E-state index contributed by atoms with van der Waals surface area (Å²) < 4.78 is 0. The molecular weight excluding hydrogens is 120 g/mol. The maximum absolute atomic E-state index is 5.68. The first-order valence-electron chi connectivity index (χ1n) is 3.27. The van der Waals surface area contributed by atoms with E-state index >= 15 is 0 Å². The molecule has 0 spiro atoms. The molecule has 0 amide bonds. The number of benzene rings is 1. The third kappa shape index (κ3) is 1.47. The number of rotatable bonds is 2. The van der Waals surface area contributed by atoms with Gasteiger partial charge in [-0.3, -0.25) is 0 Å². The van der Waals surface area contributed by atoms with Gasteiger partial charge in [0.05, 0.1) is 0 Å². The van der Waals surface area contributed by atoms with E-state index in [0.717, 1.165) is 5.56 Å². The molecule has 0 bridgehead atoms. The lowest BCUT2D eigenvalue weighted by Gasteiger charge is -2.03. The number of allylic oxidation sites excluding steroid dienone is 1. The highest BCUT2D eigenvalue weighted by Gasteiger charge is 1.96. The molecule has 0 aromatic heterocycles. The lowest BCUT2D eigenvalue weighted by atomic mass is 10.0. The molecule has 1 unspecified atom stereocenters. The van der Waals surface area contributed by atoms with Gasteiger partial charge in [0.25, 0.3) is 0 Å². The SMILES string of the molecule is [CH]C(C=C)c1ccccc1. The molecule has 0 saturated carbocycles. The summed E-state index contributed by atoms with van der Waals surface area (Å²) >= 11 is 0. The molecule has 0 aliphatic carbocycles. The Morgan fingerprint density at radius 1 is 1.30 bits per heavy atom. The molecule has 1 atom stereocenters. The molecule has 1 aromatic rings. The molecule has 0 fully saturated rings. The van der Waals surface area contributed by atoms with E-state index in [1.165, 1.54) is 0 Å². The third-order valence-corrected chi connectivity index (χ3v) is 1.44.